The predicted octanol–water partition coefficient (Wildman–Crippen LogP) is 3.38. The largest absolute Gasteiger partial charge is 0.396 e. The summed E-state index contributed by atoms with van der Waals surface area (Å²) in [4.78, 5) is 0.112. The molecule has 2 aromatic rings. The van der Waals surface area contributed by atoms with Crippen molar-refractivity contribution in [3.8, 4) is 0 Å². The highest BCUT2D eigenvalue weighted by Gasteiger charge is 2.14. The summed E-state index contributed by atoms with van der Waals surface area (Å²) in [5.41, 5.74) is 8.36. The number of rotatable bonds is 3. The maximum absolute atomic E-state index is 11.6. The molecule has 0 radical (unpaired) electrons. The third-order valence-corrected chi connectivity index (χ3v) is 4.48. The molecule has 0 fully saturated rings. The Bertz CT molecular complexity index is 758. The van der Waals surface area contributed by atoms with Crippen molar-refractivity contribution < 1.29 is 8.42 Å². The zero-order valence-corrected chi connectivity index (χ0v) is 12.7. The van der Waals surface area contributed by atoms with Gasteiger partial charge in [-0.25, -0.2) is 8.42 Å². The Morgan fingerprint density at radius 1 is 1.20 bits per heavy atom. The normalized spacial score (nSPS) is 11.3. The lowest BCUT2D eigenvalue weighted by Crippen LogP contribution is -2.05. The van der Waals surface area contributed by atoms with E-state index in [4.69, 9.17) is 17.3 Å². The Labute approximate surface area is 123 Å². The van der Waals surface area contributed by atoms with Crippen LogP contribution >= 0.6 is 11.6 Å². The van der Waals surface area contributed by atoms with Crippen LogP contribution in [0.5, 0.6) is 0 Å². The van der Waals surface area contributed by atoms with Gasteiger partial charge in [-0.2, -0.15) is 0 Å². The molecule has 6 heteroatoms. The SMILES string of the molecule is Cc1ccc(Nc2cccc(S(C)(=O)=O)c2N)cc1Cl. The van der Waals surface area contributed by atoms with Crippen LogP contribution in [-0.4, -0.2) is 14.7 Å². The number of hydrogen-bond acceptors (Lipinski definition) is 4. The molecule has 0 aliphatic carbocycles. The van der Waals surface area contributed by atoms with Crippen LogP contribution in [-0.2, 0) is 9.84 Å². The summed E-state index contributed by atoms with van der Waals surface area (Å²) in [6.45, 7) is 1.91. The Morgan fingerprint density at radius 2 is 1.90 bits per heavy atom. The monoisotopic (exact) mass is 310 g/mol. The van der Waals surface area contributed by atoms with E-state index in [9.17, 15) is 8.42 Å². The molecule has 0 saturated heterocycles. The van der Waals surface area contributed by atoms with Gasteiger partial charge in [-0.1, -0.05) is 23.7 Å². The molecule has 0 unspecified atom stereocenters. The summed E-state index contributed by atoms with van der Waals surface area (Å²) in [5.74, 6) is 0. The lowest BCUT2D eigenvalue weighted by Gasteiger charge is -2.12. The van der Waals surface area contributed by atoms with Gasteiger partial charge in [0.15, 0.2) is 9.84 Å². The minimum absolute atomic E-state index is 0.112. The lowest BCUT2D eigenvalue weighted by molar-refractivity contribution is 0.602. The summed E-state index contributed by atoms with van der Waals surface area (Å²) in [6.07, 6.45) is 1.13. The van der Waals surface area contributed by atoms with Gasteiger partial charge in [0.2, 0.25) is 0 Å². The van der Waals surface area contributed by atoms with Crippen molar-refractivity contribution in [2.24, 2.45) is 0 Å². The van der Waals surface area contributed by atoms with E-state index in [2.05, 4.69) is 5.32 Å². The van der Waals surface area contributed by atoms with E-state index < -0.39 is 9.84 Å². The number of sulfone groups is 1. The standard InChI is InChI=1S/C14H15ClN2O2S/c1-9-6-7-10(8-11(9)15)17-12-4-3-5-13(14(12)16)20(2,18)19/h3-8,17H,16H2,1-2H3. The average molecular weight is 311 g/mol. The number of halogens is 1. The quantitative estimate of drug-likeness (QED) is 0.852. The fourth-order valence-electron chi connectivity index (χ4n) is 1.80. The van der Waals surface area contributed by atoms with Crippen LogP contribution in [0.3, 0.4) is 0 Å². The van der Waals surface area contributed by atoms with Crippen LogP contribution in [0.25, 0.3) is 0 Å². The van der Waals surface area contributed by atoms with Gasteiger partial charge in [0, 0.05) is 17.0 Å². The van der Waals surface area contributed by atoms with Crippen LogP contribution in [0.4, 0.5) is 17.1 Å². The van der Waals surface area contributed by atoms with Crippen molar-refractivity contribution >= 4 is 38.5 Å². The molecule has 0 aliphatic heterocycles. The highest BCUT2D eigenvalue weighted by Crippen LogP contribution is 2.30. The minimum Gasteiger partial charge on any atom is -0.396 e. The van der Waals surface area contributed by atoms with E-state index in [1.54, 1.807) is 18.2 Å². The van der Waals surface area contributed by atoms with Gasteiger partial charge < -0.3 is 11.1 Å². The zero-order valence-electron chi connectivity index (χ0n) is 11.1. The van der Waals surface area contributed by atoms with Gasteiger partial charge in [0.05, 0.1) is 16.3 Å². The Morgan fingerprint density at radius 3 is 2.50 bits per heavy atom. The van der Waals surface area contributed by atoms with Gasteiger partial charge in [-0.15, -0.1) is 0 Å². The fourth-order valence-corrected chi connectivity index (χ4v) is 2.82. The number of aryl methyl sites for hydroxylation is 1. The van der Waals surface area contributed by atoms with Crippen molar-refractivity contribution in [3.63, 3.8) is 0 Å². The second-order valence-corrected chi connectivity index (χ2v) is 6.97. The first-order valence-corrected chi connectivity index (χ1v) is 8.17. The molecule has 2 rings (SSSR count). The number of nitrogen functional groups attached to an aromatic ring is 1. The summed E-state index contributed by atoms with van der Waals surface area (Å²) in [7, 11) is -3.35. The first kappa shape index (κ1) is 14.7. The molecule has 20 heavy (non-hydrogen) atoms. The first-order chi connectivity index (χ1) is 9.29. The third-order valence-electron chi connectivity index (χ3n) is 2.92. The van der Waals surface area contributed by atoms with Crippen LogP contribution in [0, 0.1) is 6.92 Å². The van der Waals surface area contributed by atoms with Crippen molar-refractivity contribution in [2.45, 2.75) is 11.8 Å². The molecule has 0 aromatic heterocycles. The van der Waals surface area contributed by atoms with E-state index >= 15 is 0 Å². The van der Waals surface area contributed by atoms with E-state index in [1.165, 1.54) is 6.07 Å². The maximum atomic E-state index is 11.6. The van der Waals surface area contributed by atoms with Crippen LogP contribution < -0.4 is 11.1 Å². The van der Waals surface area contributed by atoms with Gasteiger partial charge in [0.1, 0.15) is 0 Å². The van der Waals surface area contributed by atoms with Crippen molar-refractivity contribution in [1.29, 1.82) is 0 Å². The summed E-state index contributed by atoms with van der Waals surface area (Å²) < 4.78 is 23.3. The fraction of sp³-hybridized carbons (Fsp3) is 0.143. The smallest absolute Gasteiger partial charge is 0.177 e. The van der Waals surface area contributed by atoms with Gasteiger partial charge >= 0.3 is 0 Å². The number of benzene rings is 2. The molecule has 2 aromatic carbocycles. The second-order valence-electron chi connectivity index (χ2n) is 4.58. The average Bonchev–Trinajstić information content (AvgIpc) is 2.35. The molecular formula is C14H15ClN2O2S. The van der Waals surface area contributed by atoms with Crippen molar-refractivity contribution in [2.75, 3.05) is 17.3 Å². The van der Waals surface area contributed by atoms with Gasteiger partial charge in [-0.3, -0.25) is 0 Å². The number of para-hydroxylation sites is 1. The van der Waals surface area contributed by atoms with E-state index in [-0.39, 0.29) is 10.6 Å². The molecule has 106 valence electrons. The molecule has 0 amide bonds. The van der Waals surface area contributed by atoms with E-state index in [1.807, 2.05) is 19.1 Å². The number of hydrogen-bond donors (Lipinski definition) is 2. The van der Waals surface area contributed by atoms with E-state index in [0.717, 1.165) is 17.5 Å². The molecule has 0 atom stereocenters. The topological polar surface area (TPSA) is 72.2 Å². The predicted molar refractivity (Wildman–Crippen MR) is 83.4 cm³/mol. The number of nitrogens with one attached hydrogen (secondary N) is 1. The molecule has 0 aliphatic rings. The minimum atomic E-state index is -3.35. The molecule has 0 heterocycles. The molecular weight excluding hydrogens is 296 g/mol. The van der Waals surface area contributed by atoms with Gasteiger partial charge in [-0.05, 0) is 36.8 Å². The molecule has 0 saturated carbocycles. The Balaban J connectivity index is 2.42. The summed E-state index contributed by atoms with van der Waals surface area (Å²) >= 11 is 6.06. The highest BCUT2D eigenvalue weighted by atomic mass is 35.5. The van der Waals surface area contributed by atoms with Gasteiger partial charge in [0.25, 0.3) is 0 Å². The molecule has 4 nitrogen and oxygen atoms in total. The van der Waals surface area contributed by atoms with Crippen LogP contribution in [0.15, 0.2) is 41.3 Å². The molecule has 0 bridgehead atoms. The molecule has 3 N–H and O–H groups in total. The van der Waals surface area contributed by atoms with Crippen molar-refractivity contribution in [1.82, 2.24) is 0 Å². The highest BCUT2D eigenvalue weighted by molar-refractivity contribution is 7.90. The third kappa shape index (κ3) is 3.05. The zero-order chi connectivity index (χ0) is 14.9. The Hall–Kier alpha value is -1.72. The van der Waals surface area contributed by atoms with E-state index in [0.29, 0.717) is 10.7 Å². The van der Waals surface area contributed by atoms with Crippen molar-refractivity contribution in [3.05, 3.63) is 47.0 Å². The second kappa shape index (κ2) is 5.34. The number of anilines is 3. The van der Waals surface area contributed by atoms with Crippen LogP contribution in [0.1, 0.15) is 5.56 Å². The number of nitrogens with two attached hydrogens (primary N) is 1. The lowest BCUT2D eigenvalue weighted by atomic mass is 10.2. The summed E-state index contributed by atoms with van der Waals surface area (Å²) in [5, 5.41) is 3.71. The summed E-state index contributed by atoms with van der Waals surface area (Å²) in [6, 6.07) is 10.3. The molecule has 0 spiro atoms. The first-order valence-electron chi connectivity index (χ1n) is 5.91. The maximum Gasteiger partial charge on any atom is 0.177 e. The Kier molecular flexibility index (Phi) is 3.92. The van der Waals surface area contributed by atoms with Crippen LogP contribution in [0.2, 0.25) is 5.02 Å².